The monoisotopic (exact) mass is 362 g/mol. The number of carbonyl (C=O) groups is 3. The van der Waals surface area contributed by atoms with Gasteiger partial charge in [0.05, 0.1) is 25.3 Å². The number of methoxy groups -OCH3 is 2. The molecule has 0 saturated carbocycles. The maximum Gasteiger partial charge on any atom is 0.339 e. The van der Waals surface area contributed by atoms with Gasteiger partial charge in [0.2, 0.25) is 5.75 Å². The molecule has 0 aliphatic carbocycles. The van der Waals surface area contributed by atoms with E-state index >= 15 is 0 Å². The third kappa shape index (κ3) is 3.66. The molecule has 0 amide bonds. The van der Waals surface area contributed by atoms with Gasteiger partial charge in [-0.2, -0.15) is 0 Å². The van der Waals surface area contributed by atoms with Crippen molar-refractivity contribution in [3.8, 4) is 23.0 Å². The molecule has 0 bridgehead atoms. The Morgan fingerprint density at radius 3 is 1.85 bits per heavy atom. The predicted octanol–water partition coefficient (Wildman–Crippen LogP) is 2.59. The van der Waals surface area contributed by atoms with Crippen LogP contribution in [0.15, 0.2) is 30.3 Å². The Kier molecular flexibility index (Phi) is 5.31. The van der Waals surface area contributed by atoms with Crippen LogP contribution in [0.5, 0.6) is 23.0 Å². The molecule has 0 saturated heterocycles. The Hall–Kier alpha value is -3.75. The first-order valence-electron chi connectivity index (χ1n) is 7.06. The molecular formula is C17H14O9. The molecule has 136 valence electrons. The van der Waals surface area contributed by atoms with Crippen LogP contribution in [-0.2, 0) is 0 Å². The van der Waals surface area contributed by atoms with Crippen LogP contribution in [0.25, 0.3) is 0 Å². The van der Waals surface area contributed by atoms with Gasteiger partial charge in [-0.05, 0) is 30.3 Å². The maximum atomic E-state index is 11.4. The van der Waals surface area contributed by atoms with E-state index in [1.54, 1.807) is 0 Å². The SMILES string of the molecule is COc1cc(C(=O)O)cc(Oc2ccc(C(=O)O)cc2C(=O)O)c1OC. The van der Waals surface area contributed by atoms with Gasteiger partial charge in [-0.1, -0.05) is 0 Å². The van der Waals surface area contributed by atoms with Gasteiger partial charge in [0.1, 0.15) is 11.3 Å². The lowest BCUT2D eigenvalue weighted by Gasteiger charge is -2.16. The summed E-state index contributed by atoms with van der Waals surface area (Å²) in [7, 11) is 2.61. The zero-order valence-corrected chi connectivity index (χ0v) is 13.7. The van der Waals surface area contributed by atoms with Crippen LogP contribution >= 0.6 is 0 Å². The number of carboxylic acids is 3. The van der Waals surface area contributed by atoms with Crippen LogP contribution in [0.1, 0.15) is 31.1 Å². The van der Waals surface area contributed by atoms with Crippen molar-refractivity contribution in [1.82, 2.24) is 0 Å². The summed E-state index contributed by atoms with van der Waals surface area (Å²) in [5, 5.41) is 27.5. The number of ether oxygens (including phenoxy) is 3. The molecule has 2 aromatic rings. The summed E-state index contributed by atoms with van der Waals surface area (Å²) in [5.41, 5.74) is -0.818. The van der Waals surface area contributed by atoms with Crippen molar-refractivity contribution in [1.29, 1.82) is 0 Å². The normalized spacial score (nSPS) is 10.1. The largest absolute Gasteiger partial charge is 0.493 e. The first-order chi connectivity index (χ1) is 12.3. The third-order valence-electron chi connectivity index (χ3n) is 3.37. The summed E-state index contributed by atoms with van der Waals surface area (Å²) in [4.78, 5) is 33.7. The Labute approximate surface area is 147 Å². The van der Waals surface area contributed by atoms with Gasteiger partial charge >= 0.3 is 17.9 Å². The zero-order valence-electron chi connectivity index (χ0n) is 13.7. The van der Waals surface area contributed by atoms with E-state index < -0.39 is 23.5 Å². The van der Waals surface area contributed by atoms with Crippen LogP contribution in [0.4, 0.5) is 0 Å². The third-order valence-corrected chi connectivity index (χ3v) is 3.37. The van der Waals surface area contributed by atoms with Gasteiger partial charge < -0.3 is 29.5 Å². The van der Waals surface area contributed by atoms with Gasteiger partial charge in [-0.25, -0.2) is 14.4 Å². The molecule has 9 heteroatoms. The van der Waals surface area contributed by atoms with Crippen molar-refractivity contribution < 1.29 is 43.9 Å². The molecule has 0 aliphatic heterocycles. The van der Waals surface area contributed by atoms with E-state index in [0.717, 1.165) is 24.3 Å². The Morgan fingerprint density at radius 1 is 0.731 bits per heavy atom. The molecule has 0 fully saturated rings. The highest BCUT2D eigenvalue weighted by Crippen LogP contribution is 2.41. The van der Waals surface area contributed by atoms with Crippen LogP contribution in [0, 0.1) is 0 Å². The van der Waals surface area contributed by atoms with E-state index in [-0.39, 0.29) is 34.1 Å². The molecule has 9 nitrogen and oxygen atoms in total. The Balaban J connectivity index is 2.60. The van der Waals surface area contributed by atoms with Gasteiger partial charge in [0.25, 0.3) is 0 Å². The first-order valence-corrected chi connectivity index (χ1v) is 7.06. The van der Waals surface area contributed by atoms with Gasteiger partial charge in [0, 0.05) is 0 Å². The minimum Gasteiger partial charge on any atom is -0.493 e. The fourth-order valence-electron chi connectivity index (χ4n) is 2.17. The van der Waals surface area contributed by atoms with E-state index in [2.05, 4.69) is 0 Å². The van der Waals surface area contributed by atoms with E-state index in [4.69, 9.17) is 19.3 Å². The zero-order chi connectivity index (χ0) is 19.4. The summed E-state index contributed by atoms with van der Waals surface area (Å²) in [6.45, 7) is 0. The highest BCUT2D eigenvalue weighted by Gasteiger charge is 2.21. The van der Waals surface area contributed by atoms with E-state index in [1.165, 1.54) is 20.3 Å². The molecule has 0 atom stereocenters. The number of carboxylic acid groups (broad SMARTS) is 3. The maximum absolute atomic E-state index is 11.4. The Bertz CT molecular complexity index is 886. The molecule has 0 unspecified atom stereocenters. The van der Waals surface area contributed by atoms with E-state index in [0.29, 0.717) is 0 Å². The minimum atomic E-state index is -1.41. The average molecular weight is 362 g/mol. The first kappa shape index (κ1) is 18.6. The van der Waals surface area contributed by atoms with Gasteiger partial charge in [0.15, 0.2) is 11.5 Å². The smallest absolute Gasteiger partial charge is 0.339 e. The van der Waals surface area contributed by atoms with Crippen molar-refractivity contribution in [3.63, 3.8) is 0 Å². The lowest BCUT2D eigenvalue weighted by molar-refractivity contribution is 0.0679. The lowest BCUT2D eigenvalue weighted by Crippen LogP contribution is -2.06. The molecule has 0 aromatic heterocycles. The standard InChI is InChI=1S/C17H14O9/c1-24-12-6-9(16(20)21)7-13(14(12)25-2)26-11-4-3-8(15(18)19)5-10(11)17(22)23/h3-7H,1-2H3,(H,18,19)(H,20,21)(H,22,23). The van der Waals surface area contributed by atoms with Crippen molar-refractivity contribution in [2.75, 3.05) is 14.2 Å². The van der Waals surface area contributed by atoms with Crippen molar-refractivity contribution >= 4 is 17.9 Å². The van der Waals surface area contributed by atoms with Crippen LogP contribution in [0.2, 0.25) is 0 Å². The average Bonchev–Trinajstić information content (AvgIpc) is 2.60. The fourth-order valence-corrected chi connectivity index (χ4v) is 2.17. The molecule has 0 heterocycles. The second-order valence-electron chi connectivity index (χ2n) is 4.94. The molecule has 2 rings (SSSR count). The summed E-state index contributed by atoms with van der Waals surface area (Å²) < 4.78 is 15.7. The van der Waals surface area contributed by atoms with Crippen molar-refractivity contribution in [2.24, 2.45) is 0 Å². The summed E-state index contributed by atoms with van der Waals surface area (Å²) in [5.74, 6) is -4.14. The Morgan fingerprint density at radius 2 is 1.35 bits per heavy atom. The molecular weight excluding hydrogens is 348 g/mol. The van der Waals surface area contributed by atoms with Crippen LogP contribution in [-0.4, -0.2) is 47.4 Å². The molecule has 26 heavy (non-hydrogen) atoms. The van der Waals surface area contributed by atoms with Crippen LogP contribution in [0.3, 0.4) is 0 Å². The lowest BCUT2D eigenvalue weighted by atomic mass is 10.1. The van der Waals surface area contributed by atoms with Crippen molar-refractivity contribution in [2.45, 2.75) is 0 Å². The molecule has 2 aromatic carbocycles. The number of hydrogen-bond donors (Lipinski definition) is 3. The van der Waals surface area contributed by atoms with E-state index in [9.17, 15) is 24.6 Å². The highest BCUT2D eigenvalue weighted by atomic mass is 16.5. The molecule has 0 spiro atoms. The quantitative estimate of drug-likeness (QED) is 0.678. The number of rotatable bonds is 7. The van der Waals surface area contributed by atoms with Crippen molar-refractivity contribution in [3.05, 3.63) is 47.0 Å². The highest BCUT2D eigenvalue weighted by molar-refractivity contribution is 5.96. The molecule has 3 N–H and O–H groups in total. The summed E-state index contributed by atoms with van der Waals surface area (Å²) in [6.07, 6.45) is 0. The number of benzene rings is 2. The van der Waals surface area contributed by atoms with Gasteiger partial charge in [-0.3, -0.25) is 0 Å². The summed E-state index contributed by atoms with van der Waals surface area (Å²) >= 11 is 0. The summed E-state index contributed by atoms with van der Waals surface area (Å²) in [6, 6.07) is 5.62. The van der Waals surface area contributed by atoms with E-state index in [1.807, 2.05) is 0 Å². The second-order valence-corrected chi connectivity index (χ2v) is 4.94. The molecule has 0 radical (unpaired) electrons. The molecule has 0 aliphatic rings. The fraction of sp³-hybridized carbons (Fsp3) is 0.118. The minimum absolute atomic E-state index is 0.0520. The number of aromatic carboxylic acids is 3. The van der Waals surface area contributed by atoms with Gasteiger partial charge in [-0.15, -0.1) is 0 Å². The number of hydrogen-bond acceptors (Lipinski definition) is 6. The van der Waals surface area contributed by atoms with Crippen LogP contribution < -0.4 is 14.2 Å². The topological polar surface area (TPSA) is 140 Å². The predicted molar refractivity (Wildman–Crippen MR) is 86.9 cm³/mol. The second kappa shape index (κ2) is 7.43.